The lowest BCUT2D eigenvalue weighted by Gasteiger charge is -2.35. The lowest BCUT2D eigenvalue weighted by Crippen LogP contribution is -2.60. The first kappa shape index (κ1) is 37.6. The molecule has 12 nitrogen and oxygen atoms in total. The van der Waals surface area contributed by atoms with Crippen LogP contribution in [0.25, 0.3) is 33.4 Å². The number of hydrogen-bond acceptors (Lipinski definition) is 10. The number of hydrogen-bond donors (Lipinski definition) is 2. The average molecular weight is 777 g/mol. The first-order valence-electron chi connectivity index (χ1n) is 18.9. The standard InChI is InChI=1S/C40H46F2N6O6S/c1-6-47-30-12-11-23-15-25(30)26(33(47)24-9-7-13-43-32(24)22(2)52-5)17-38(3,4)19-54-37(51)27-10-8-14-48(46-27)36(50)28(16-31-44-29(23)18-55-31)45-35(49)34-39(41)20-53-21-40(34,39)42/h7,9,11-13,15,18,22,27-28,34,46H,6,8,10,14,16-17,19-21H2,1-5H3,(H,45,49)/t22-,27-,28-,34?,39-,40+/m0/s1. The van der Waals surface area contributed by atoms with E-state index in [0.29, 0.717) is 36.5 Å². The molecule has 15 heteroatoms. The fourth-order valence-electron chi connectivity index (χ4n) is 8.51. The number of cyclic esters (lactones) is 1. The van der Waals surface area contributed by atoms with Crippen molar-refractivity contribution in [3.63, 3.8) is 0 Å². The third kappa shape index (κ3) is 6.42. The van der Waals surface area contributed by atoms with Crippen molar-refractivity contribution in [2.24, 2.45) is 11.3 Å². The summed E-state index contributed by atoms with van der Waals surface area (Å²) in [6.45, 7) is 8.24. The van der Waals surface area contributed by atoms with Gasteiger partial charge < -0.3 is 24.1 Å². The van der Waals surface area contributed by atoms with E-state index in [2.05, 4.69) is 54.3 Å². The van der Waals surface area contributed by atoms with Crippen LogP contribution in [0, 0.1) is 11.3 Å². The van der Waals surface area contributed by atoms with E-state index in [1.54, 1.807) is 13.3 Å². The molecule has 6 bridgehead atoms. The van der Waals surface area contributed by atoms with Crippen LogP contribution in [0.4, 0.5) is 8.78 Å². The van der Waals surface area contributed by atoms with Gasteiger partial charge >= 0.3 is 5.97 Å². The molecule has 8 rings (SSSR count). The Morgan fingerprint density at radius 3 is 2.71 bits per heavy atom. The van der Waals surface area contributed by atoms with Crippen molar-refractivity contribution >= 4 is 40.0 Å². The van der Waals surface area contributed by atoms with Gasteiger partial charge in [0.1, 0.15) is 18.0 Å². The van der Waals surface area contributed by atoms with Crippen molar-refractivity contribution in [1.29, 1.82) is 0 Å². The molecule has 1 aliphatic carbocycles. The normalized spacial score (nSPS) is 28.3. The molecule has 6 heterocycles. The third-order valence-corrected chi connectivity index (χ3v) is 12.4. The van der Waals surface area contributed by atoms with Crippen molar-refractivity contribution in [3.05, 3.63) is 58.2 Å². The van der Waals surface area contributed by atoms with Crippen LogP contribution in [0.1, 0.15) is 62.9 Å². The van der Waals surface area contributed by atoms with Crippen LogP contribution in [-0.2, 0) is 48.0 Å². The number of ether oxygens (including phenoxy) is 3. The highest BCUT2D eigenvalue weighted by atomic mass is 32.1. The van der Waals surface area contributed by atoms with E-state index in [1.165, 1.54) is 16.3 Å². The molecule has 55 heavy (non-hydrogen) atoms. The summed E-state index contributed by atoms with van der Waals surface area (Å²) in [5, 5.41) is 7.44. The van der Waals surface area contributed by atoms with Gasteiger partial charge in [0.25, 0.3) is 5.91 Å². The number of thiazole rings is 1. The molecule has 2 amide bonds. The van der Waals surface area contributed by atoms with Crippen LogP contribution in [0.15, 0.2) is 41.9 Å². The lowest BCUT2D eigenvalue weighted by atomic mass is 9.84. The van der Waals surface area contributed by atoms with E-state index in [4.69, 9.17) is 24.2 Å². The van der Waals surface area contributed by atoms with Crippen molar-refractivity contribution in [3.8, 4) is 22.5 Å². The zero-order valence-electron chi connectivity index (χ0n) is 31.6. The molecule has 3 aromatic heterocycles. The van der Waals surface area contributed by atoms with Gasteiger partial charge in [0, 0.05) is 65.6 Å². The quantitative estimate of drug-likeness (QED) is 0.251. The highest BCUT2D eigenvalue weighted by Gasteiger charge is 2.86. The molecule has 3 fully saturated rings. The maximum Gasteiger partial charge on any atom is 0.324 e. The molecule has 1 aromatic carbocycles. The molecule has 4 aliphatic rings. The minimum atomic E-state index is -2.43. The van der Waals surface area contributed by atoms with Gasteiger partial charge in [0.05, 0.1) is 48.0 Å². The maximum atomic E-state index is 15.3. The van der Waals surface area contributed by atoms with Crippen LogP contribution >= 0.6 is 11.3 Å². The monoisotopic (exact) mass is 776 g/mol. The average Bonchev–Trinajstić information content (AvgIpc) is 3.62. The topological polar surface area (TPSA) is 137 Å². The number of alkyl halides is 2. The van der Waals surface area contributed by atoms with Crippen molar-refractivity contribution < 1.29 is 37.4 Å². The fourth-order valence-corrected chi connectivity index (χ4v) is 9.36. The first-order valence-corrected chi connectivity index (χ1v) is 19.7. The summed E-state index contributed by atoms with van der Waals surface area (Å²) < 4.78 is 49.6. The number of benzene rings is 1. The van der Waals surface area contributed by atoms with Gasteiger partial charge in [-0.15, -0.1) is 11.3 Å². The number of hydrazine groups is 1. The Bertz CT molecular complexity index is 2160. The Labute approximate surface area is 321 Å². The highest BCUT2D eigenvalue weighted by molar-refractivity contribution is 7.10. The number of aryl methyl sites for hydroxylation is 1. The molecule has 6 atom stereocenters. The molecule has 0 spiro atoms. The largest absolute Gasteiger partial charge is 0.464 e. The number of methoxy groups -OCH3 is 1. The molecular weight excluding hydrogens is 731 g/mol. The maximum absolute atomic E-state index is 15.3. The minimum Gasteiger partial charge on any atom is -0.464 e. The Balaban J connectivity index is 1.22. The number of fused-ring (bicyclic) bond motifs is 7. The minimum absolute atomic E-state index is 0.0240. The van der Waals surface area contributed by atoms with Gasteiger partial charge in [0.2, 0.25) is 5.91 Å². The second kappa shape index (κ2) is 14.0. The van der Waals surface area contributed by atoms with Crippen molar-refractivity contribution in [2.45, 2.75) is 89.4 Å². The smallest absolute Gasteiger partial charge is 0.324 e. The molecule has 2 saturated heterocycles. The molecule has 3 aliphatic heterocycles. The van der Waals surface area contributed by atoms with Crippen molar-refractivity contribution in [1.82, 2.24) is 30.3 Å². The third-order valence-electron chi connectivity index (χ3n) is 11.6. The van der Waals surface area contributed by atoms with Gasteiger partial charge in [-0.3, -0.25) is 24.4 Å². The number of halogens is 2. The molecule has 4 aromatic rings. The molecule has 2 N–H and O–H groups in total. The van der Waals surface area contributed by atoms with Gasteiger partial charge in [-0.05, 0) is 62.9 Å². The summed E-state index contributed by atoms with van der Waals surface area (Å²) in [5.74, 6) is -3.51. The summed E-state index contributed by atoms with van der Waals surface area (Å²) in [7, 11) is 1.67. The molecule has 1 saturated carbocycles. The van der Waals surface area contributed by atoms with Gasteiger partial charge in [0.15, 0.2) is 11.3 Å². The second-order valence-electron chi connectivity index (χ2n) is 15.9. The summed E-state index contributed by atoms with van der Waals surface area (Å²) in [6, 6.07) is 8.21. The summed E-state index contributed by atoms with van der Waals surface area (Å²) in [4.78, 5) is 50.8. The van der Waals surface area contributed by atoms with Crippen LogP contribution in [0.2, 0.25) is 0 Å². The summed E-state index contributed by atoms with van der Waals surface area (Å²) in [6.07, 6.45) is 2.99. The number of carbonyl (C=O) groups is 3. The number of amides is 2. The van der Waals surface area contributed by atoms with Crippen LogP contribution in [-0.4, -0.2) is 94.2 Å². The van der Waals surface area contributed by atoms with Gasteiger partial charge in [-0.25, -0.2) is 19.2 Å². The number of pyridine rings is 1. The molecule has 292 valence electrons. The van der Waals surface area contributed by atoms with E-state index in [9.17, 15) is 14.4 Å². The number of nitrogens with one attached hydrogen (secondary N) is 2. The zero-order valence-corrected chi connectivity index (χ0v) is 32.4. The Morgan fingerprint density at radius 2 is 1.96 bits per heavy atom. The second-order valence-corrected chi connectivity index (χ2v) is 16.9. The predicted molar refractivity (Wildman–Crippen MR) is 201 cm³/mol. The van der Waals surface area contributed by atoms with E-state index >= 15 is 8.78 Å². The van der Waals surface area contributed by atoms with E-state index in [-0.39, 0.29) is 25.7 Å². The Kier molecular flexibility index (Phi) is 9.58. The van der Waals surface area contributed by atoms with Crippen molar-refractivity contribution in [2.75, 3.05) is 33.5 Å². The lowest BCUT2D eigenvalue weighted by molar-refractivity contribution is -0.155. The summed E-state index contributed by atoms with van der Waals surface area (Å²) >= 11 is 1.33. The first-order chi connectivity index (χ1) is 26.3. The number of rotatable bonds is 6. The Morgan fingerprint density at radius 1 is 1.18 bits per heavy atom. The highest BCUT2D eigenvalue weighted by Crippen LogP contribution is 2.64. The number of esters is 1. The van der Waals surface area contributed by atoms with Gasteiger partial charge in [-0.2, -0.15) is 0 Å². The molecule has 1 unspecified atom stereocenters. The van der Waals surface area contributed by atoms with Gasteiger partial charge in [-0.1, -0.05) is 19.9 Å². The van der Waals surface area contributed by atoms with Crippen LogP contribution < -0.4 is 10.7 Å². The number of carbonyl (C=O) groups excluding carboxylic acids is 3. The number of nitrogens with zero attached hydrogens (tertiary/aromatic N) is 4. The van der Waals surface area contributed by atoms with E-state index < -0.39 is 65.8 Å². The fraction of sp³-hybridized carbons (Fsp3) is 0.525. The zero-order chi connectivity index (χ0) is 38.9. The predicted octanol–water partition coefficient (Wildman–Crippen LogP) is 5.28. The molecular formula is C40H46F2N6O6S. The van der Waals surface area contributed by atoms with E-state index in [1.807, 2.05) is 24.4 Å². The number of aromatic nitrogens is 3. The molecule has 0 radical (unpaired) electrons. The van der Waals surface area contributed by atoms with E-state index in [0.717, 1.165) is 39.0 Å². The summed E-state index contributed by atoms with van der Waals surface area (Å²) in [5.41, 5.74) is 4.11. The SMILES string of the molecule is CCn1c(-c2cccnc2[C@H](C)OC)c2c3cc(ccc31)-c1csc(n1)C[C@H](NC(=O)C1[C@]3(F)COC[C@]13F)C(=O)N1CCC[C@H](N1)C(=O)OCC(C)(C)C2. The Hall–Kier alpha value is -4.31. The van der Waals surface area contributed by atoms with Crippen LogP contribution in [0.5, 0.6) is 0 Å². The van der Waals surface area contributed by atoms with Crippen LogP contribution in [0.3, 0.4) is 0 Å².